The Morgan fingerprint density at radius 2 is 1.66 bits per heavy atom. The fourth-order valence-electron chi connectivity index (χ4n) is 4.32. The molecule has 0 saturated carbocycles. The number of anilines is 2. The smallest absolute Gasteiger partial charge is 0.258 e. The number of likely N-dealkylation sites (tertiary alicyclic amines) is 1. The number of para-hydroxylation sites is 1. The normalized spacial score (nSPS) is 14.1. The average Bonchev–Trinajstić information content (AvgIpc) is 3.34. The van der Waals surface area contributed by atoms with Crippen LogP contribution in [0.15, 0.2) is 60.8 Å². The van der Waals surface area contributed by atoms with E-state index in [0.717, 1.165) is 19.6 Å². The molecular formula is C27H28Cl2N4O2. The van der Waals surface area contributed by atoms with Gasteiger partial charge in [0.2, 0.25) is 0 Å². The maximum atomic E-state index is 13.0. The summed E-state index contributed by atoms with van der Waals surface area (Å²) in [6.07, 6.45) is 3.95. The Hall–Kier alpha value is -2.93. The molecule has 4 rings (SSSR count). The highest BCUT2D eigenvalue weighted by Crippen LogP contribution is 2.29. The zero-order chi connectivity index (χ0) is 25.0. The van der Waals surface area contributed by atoms with Crippen molar-refractivity contribution in [3.8, 4) is 0 Å². The third-order valence-electron chi connectivity index (χ3n) is 6.21. The van der Waals surface area contributed by atoms with Crippen LogP contribution in [0.5, 0.6) is 0 Å². The highest BCUT2D eigenvalue weighted by molar-refractivity contribution is 6.35. The maximum absolute atomic E-state index is 13.0. The Morgan fingerprint density at radius 1 is 0.943 bits per heavy atom. The zero-order valence-electron chi connectivity index (χ0n) is 19.8. The number of aromatic nitrogens is 1. The Bertz CT molecular complexity index is 1200. The van der Waals surface area contributed by atoms with Crippen molar-refractivity contribution in [3.05, 3.63) is 87.5 Å². The lowest BCUT2D eigenvalue weighted by Crippen LogP contribution is -2.35. The number of hydrogen-bond acceptors (Lipinski definition) is 4. The molecule has 6 nitrogen and oxygen atoms in total. The molecule has 8 heteroatoms. The van der Waals surface area contributed by atoms with Crippen LogP contribution in [-0.2, 0) is 5.41 Å². The van der Waals surface area contributed by atoms with E-state index in [1.165, 1.54) is 24.6 Å². The first-order valence-corrected chi connectivity index (χ1v) is 12.3. The molecule has 1 aliphatic rings. The first kappa shape index (κ1) is 25.2. The molecule has 2 heterocycles. The van der Waals surface area contributed by atoms with E-state index < -0.39 is 5.91 Å². The molecule has 0 radical (unpaired) electrons. The molecule has 1 fully saturated rings. The number of carbonyl (C=O) groups is 2. The van der Waals surface area contributed by atoms with Gasteiger partial charge in [0.25, 0.3) is 11.8 Å². The molecule has 1 aromatic heterocycles. The number of carbonyl (C=O) groups excluding carboxylic acids is 2. The lowest BCUT2D eigenvalue weighted by Gasteiger charge is -2.30. The van der Waals surface area contributed by atoms with Crippen LogP contribution in [0.3, 0.4) is 0 Å². The summed E-state index contributed by atoms with van der Waals surface area (Å²) in [4.78, 5) is 32.5. The topological polar surface area (TPSA) is 74.3 Å². The Labute approximate surface area is 215 Å². The molecule has 182 valence electrons. The molecular weight excluding hydrogens is 483 g/mol. The standard InChI is InChI=1S/C27H28Cl2N4O2/c1-27(2,17-33-14-3-4-15-33)19-10-8-18(9-11-19)25(34)32-24-21(6-5-7-22(24)29)26(35)31-23-13-12-20(28)16-30-23/h5-13,16H,3-4,14-15,17H2,1-2H3,(H,32,34)(H,30,31,35). The predicted octanol–water partition coefficient (Wildman–Crippen LogP) is 6.27. The van der Waals surface area contributed by atoms with Crippen molar-refractivity contribution in [2.24, 2.45) is 0 Å². The van der Waals surface area contributed by atoms with E-state index in [1.54, 1.807) is 30.3 Å². The van der Waals surface area contributed by atoms with Crippen LogP contribution in [0.1, 0.15) is 53.0 Å². The number of nitrogens with one attached hydrogen (secondary N) is 2. The first-order chi connectivity index (χ1) is 16.7. The number of nitrogens with zero attached hydrogens (tertiary/aromatic N) is 2. The molecule has 2 aromatic carbocycles. The second-order valence-electron chi connectivity index (χ2n) is 9.38. The molecule has 2 N–H and O–H groups in total. The summed E-state index contributed by atoms with van der Waals surface area (Å²) in [5, 5.41) is 6.23. The molecule has 1 saturated heterocycles. The van der Waals surface area contributed by atoms with Crippen molar-refractivity contribution >= 4 is 46.5 Å². The van der Waals surface area contributed by atoms with E-state index in [4.69, 9.17) is 23.2 Å². The van der Waals surface area contributed by atoms with Crippen LogP contribution >= 0.6 is 23.2 Å². The van der Waals surface area contributed by atoms with Crippen molar-refractivity contribution in [3.63, 3.8) is 0 Å². The van der Waals surface area contributed by atoms with Crippen LogP contribution in [0.2, 0.25) is 10.0 Å². The second kappa shape index (κ2) is 10.8. The Balaban J connectivity index is 1.48. The predicted molar refractivity (Wildman–Crippen MR) is 142 cm³/mol. The Kier molecular flexibility index (Phi) is 7.75. The van der Waals surface area contributed by atoms with E-state index in [1.807, 2.05) is 24.3 Å². The fourth-order valence-corrected chi connectivity index (χ4v) is 4.66. The van der Waals surface area contributed by atoms with Gasteiger partial charge in [-0.2, -0.15) is 0 Å². The van der Waals surface area contributed by atoms with Gasteiger partial charge in [-0.25, -0.2) is 4.98 Å². The maximum Gasteiger partial charge on any atom is 0.258 e. The lowest BCUT2D eigenvalue weighted by atomic mass is 9.83. The zero-order valence-corrected chi connectivity index (χ0v) is 21.3. The van der Waals surface area contributed by atoms with Gasteiger partial charge in [-0.1, -0.05) is 55.2 Å². The van der Waals surface area contributed by atoms with Gasteiger partial charge in [0.15, 0.2) is 0 Å². The van der Waals surface area contributed by atoms with Gasteiger partial charge in [-0.15, -0.1) is 0 Å². The molecule has 35 heavy (non-hydrogen) atoms. The van der Waals surface area contributed by atoms with Gasteiger partial charge >= 0.3 is 0 Å². The Morgan fingerprint density at radius 3 is 2.31 bits per heavy atom. The molecule has 0 spiro atoms. The monoisotopic (exact) mass is 510 g/mol. The molecule has 3 aromatic rings. The molecule has 0 unspecified atom stereocenters. The van der Waals surface area contributed by atoms with Crippen LogP contribution < -0.4 is 10.6 Å². The van der Waals surface area contributed by atoms with Gasteiger partial charge in [0, 0.05) is 23.7 Å². The molecule has 0 bridgehead atoms. The van der Waals surface area contributed by atoms with Crippen LogP contribution in [0, 0.1) is 0 Å². The van der Waals surface area contributed by atoms with Crippen molar-refractivity contribution in [1.29, 1.82) is 0 Å². The van der Waals surface area contributed by atoms with E-state index in [2.05, 4.69) is 34.4 Å². The third-order valence-corrected chi connectivity index (χ3v) is 6.75. The van der Waals surface area contributed by atoms with E-state index in [9.17, 15) is 9.59 Å². The van der Waals surface area contributed by atoms with E-state index in [0.29, 0.717) is 16.4 Å². The summed E-state index contributed by atoms with van der Waals surface area (Å²) in [6.45, 7) is 7.73. The van der Waals surface area contributed by atoms with Gasteiger partial charge in [-0.3, -0.25) is 9.59 Å². The number of benzene rings is 2. The number of rotatable bonds is 7. The van der Waals surface area contributed by atoms with Crippen LogP contribution in [-0.4, -0.2) is 41.3 Å². The summed E-state index contributed by atoms with van der Waals surface area (Å²) >= 11 is 12.2. The number of pyridine rings is 1. The largest absolute Gasteiger partial charge is 0.320 e. The minimum absolute atomic E-state index is 0.0248. The van der Waals surface area contributed by atoms with Crippen molar-refractivity contribution < 1.29 is 9.59 Å². The lowest BCUT2D eigenvalue weighted by molar-refractivity contribution is 0.102. The van der Waals surface area contributed by atoms with Crippen molar-refractivity contribution in [1.82, 2.24) is 9.88 Å². The molecule has 0 atom stereocenters. The summed E-state index contributed by atoms with van der Waals surface area (Å²) in [5.41, 5.74) is 2.10. The number of amides is 2. The molecule has 1 aliphatic heterocycles. The van der Waals surface area contributed by atoms with Gasteiger partial charge in [0.05, 0.1) is 21.3 Å². The van der Waals surface area contributed by atoms with E-state index in [-0.39, 0.29) is 27.6 Å². The summed E-state index contributed by atoms with van der Waals surface area (Å²) in [6, 6.07) is 15.7. The van der Waals surface area contributed by atoms with E-state index >= 15 is 0 Å². The summed E-state index contributed by atoms with van der Waals surface area (Å²) in [7, 11) is 0. The fraction of sp³-hybridized carbons (Fsp3) is 0.296. The third kappa shape index (κ3) is 6.20. The molecule has 0 aliphatic carbocycles. The number of halogens is 2. The minimum atomic E-state index is -0.448. The SMILES string of the molecule is CC(C)(CN1CCCC1)c1ccc(C(=O)Nc2c(Cl)cccc2C(=O)Nc2ccc(Cl)cn2)cc1. The highest BCUT2D eigenvalue weighted by atomic mass is 35.5. The van der Waals surface area contributed by atoms with Gasteiger partial charge in [0.1, 0.15) is 5.82 Å². The van der Waals surface area contributed by atoms with Gasteiger partial charge < -0.3 is 15.5 Å². The quantitative estimate of drug-likeness (QED) is 0.392. The summed E-state index contributed by atoms with van der Waals surface area (Å²) < 4.78 is 0. The second-order valence-corrected chi connectivity index (χ2v) is 10.2. The van der Waals surface area contributed by atoms with Crippen LogP contribution in [0.4, 0.5) is 11.5 Å². The first-order valence-electron chi connectivity index (χ1n) is 11.6. The minimum Gasteiger partial charge on any atom is -0.320 e. The summed E-state index contributed by atoms with van der Waals surface area (Å²) in [5.74, 6) is -0.457. The average molecular weight is 511 g/mol. The van der Waals surface area contributed by atoms with Crippen molar-refractivity contribution in [2.75, 3.05) is 30.3 Å². The van der Waals surface area contributed by atoms with Gasteiger partial charge in [-0.05, 0) is 67.9 Å². The van der Waals surface area contributed by atoms with Crippen molar-refractivity contribution in [2.45, 2.75) is 32.1 Å². The number of hydrogen-bond donors (Lipinski definition) is 2. The highest BCUT2D eigenvalue weighted by Gasteiger charge is 2.26. The van der Waals surface area contributed by atoms with Crippen LogP contribution in [0.25, 0.3) is 0 Å². The molecule has 2 amide bonds.